The van der Waals surface area contributed by atoms with Crippen molar-refractivity contribution in [1.82, 2.24) is 13.7 Å². The monoisotopic (exact) mass is 641 g/mol. The molecule has 3 saturated carbocycles. The van der Waals surface area contributed by atoms with E-state index in [0.717, 1.165) is 0 Å². The van der Waals surface area contributed by atoms with Crippen LogP contribution in [-0.2, 0) is 29.2 Å². The molecular weight excluding hydrogens is 586 g/mol. The summed E-state index contributed by atoms with van der Waals surface area (Å²) in [7, 11) is 0. The number of rotatable bonds is 8. The van der Waals surface area contributed by atoms with E-state index < -0.39 is 39.4 Å². The van der Waals surface area contributed by atoms with Gasteiger partial charge in [0, 0.05) is 19.6 Å². The van der Waals surface area contributed by atoms with Crippen molar-refractivity contribution in [3.05, 3.63) is 31.5 Å². The minimum absolute atomic E-state index is 0.0738. The van der Waals surface area contributed by atoms with Gasteiger partial charge in [0.05, 0.1) is 18.2 Å². The van der Waals surface area contributed by atoms with Gasteiger partial charge in [-0.1, -0.05) is 62.3 Å². The van der Waals surface area contributed by atoms with Crippen molar-refractivity contribution in [3.8, 4) is 0 Å². The van der Waals surface area contributed by atoms with Crippen LogP contribution in [0.15, 0.2) is 24.4 Å². The van der Waals surface area contributed by atoms with E-state index in [1.54, 1.807) is 12.2 Å². The smallest absolute Gasteiger partial charge is 0.336 e. The largest absolute Gasteiger partial charge is 0.393 e. The molecule has 256 valence electrons. The summed E-state index contributed by atoms with van der Waals surface area (Å²) in [6, 6.07) is -0.558. The van der Waals surface area contributed by atoms with Crippen LogP contribution in [0.3, 0.4) is 0 Å². The Balaban J connectivity index is 1.87. The van der Waals surface area contributed by atoms with E-state index in [9.17, 15) is 29.1 Å². The number of carbonyl (C=O) groups excluding carboxylic acids is 2. The van der Waals surface area contributed by atoms with Gasteiger partial charge in [0.25, 0.3) is 0 Å². The molecule has 0 aromatic carbocycles. The maximum atomic E-state index is 14.4. The van der Waals surface area contributed by atoms with Crippen molar-refractivity contribution in [2.75, 3.05) is 0 Å². The highest BCUT2D eigenvalue weighted by Gasteiger charge is 2.46. The topological polar surface area (TPSA) is 145 Å². The first-order valence-corrected chi connectivity index (χ1v) is 16.8. The highest BCUT2D eigenvalue weighted by atomic mass is 16.3. The summed E-state index contributed by atoms with van der Waals surface area (Å²) < 4.78 is 3.65. The second-order valence-electron chi connectivity index (χ2n) is 18.7. The Labute approximate surface area is 272 Å². The summed E-state index contributed by atoms with van der Waals surface area (Å²) in [4.78, 5) is 73.5. The zero-order valence-electron chi connectivity index (χ0n) is 29.4. The molecule has 1 heterocycles. The zero-order valence-corrected chi connectivity index (χ0v) is 29.4. The lowest BCUT2D eigenvalue weighted by Gasteiger charge is -2.46. The van der Waals surface area contributed by atoms with Crippen LogP contribution in [0.5, 0.6) is 0 Å². The Bertz CT molecular complexity index is 1510. The van der Waals surface area contributed by atoms with E-state index in [-0.39, 0.29) is 48.0 Å². The molecule has 1 N–H and O–H groups in total. The highest BCUT2D eigenvalue weighted by molar-refractivity contribution is 5.34. The molecule has 0 aliphatic heterocycles. The van der Waals surface area contributed by atoms with Gasteiger partial charge in [-0.05, 0) is 90.3 Å². The molecule has 0 spiro atoms. The maximum Gasteiger partial charge on any atom is 0.336 e. The third kappa shape index (κ3) is 8.15. The summed E-state index contributed by atoms with van der Waals surface area (Å²) in [6.07, 6.45) is 8.43. The lowest BCUT2D eigenvalue weighted by Crippen LogP contribution is -2.59. The fourth-order valence-corrected chi connectivity index (χ4v) is 10.7. The Hall–Kier alpha value is -2.87. The molecule has 3 aliphatic rings. The molecule has 6 atom stereocenters. The van der Waals surface area contributed by atoms with E-state index in [0.29, 0.717) is 57.8 Å². The van der Waals surface area contributed by atoms with Gasteiger partial charge >= 0.3 is 17.1 Å². The number of aromatic nitrogens is 3. The van der Waals surface area contributed by atoms with Gasteiger partial charge in [-0.25, -0.2) is 47.7 Å². The molecule has 3 aliphatic carbocycles. The van der Waals surface area contributed by atoms with Crippen molar-refractivity contribution in [3.63, 3.8) is 0 Å². The Morgan fingerprint density at radius 3 is 1.17 bits per heavy atom. The van der Waals surface area contributed by atoms with Gasteiger partial charge < -0.3 is 5.11 Å². The minimum Gasteiger partial charge on any atom is -0.393 e. The molecular formula is C35H55N5O6. The molecule has 1 aromatic heterocycles. The minimum atomic E-state index is -0.652. The SMILES string of the molecule is CC1(C)CC(O)CC(C)(Cn2c(=O)n(CC3(C)CC(N=C=O)CC(C)(C)C3)c(=O)n(CC3(C)CC(N=C=O)CC(C)(C)C3)c2=O)C1. The number of isocyanates is 2. The molecule has 3 fully saturated rings. The number of hydrogen-bond acceptors (Lipinski definition) is 8. The Kier molecular flexibility index (Phi) is 9.62. The summed E-state index contributed by atoms with van der Waals surface area (Å²) in [5, 5.41) is 10.8. The van der Waals surface area contributed by atoms with Crippen LogP contribution >= 0.6 is 0 Å². The van der Waals surface area contributed by atoms with Gasteiger partial charge in [0.2, 0.25) is 12.2 Å². The second kappa shape index (κ2) is 12.3. The average molecular weight is 642 g/mol. The average Bonchev–Trinajstić information content (AvgIpc) is 2.84. The van der Waals surface area contributed by atoms with E-state index >= 15 is 0 Å². The highest BCUT2D eigenvalue weighted by Crippen LogP contribution is 2.49. The number of nitrogens with zero attached hydrogens (tertiary/aromatic N) is 5. The van der Waals surface area contributed by atoms with Crippen molar-refractivity contribution < 1.29 is 14.7 Å². The predicted molar refractivity (Wildman–Crippen MR) is 176 cm³/mol. The molecule has 0 radical (unpaired) electrons. The molecule has 11 heteroatoms. The van der Waals surface area contributed by atoms with Crippen molar-refractivity contribution in [1.29, 1.82) is 0 Å². The van der Waals surface area contributed by atoms with Gasteiger partial charge in [0.15, 0.2) is 0 Å². The third-order valence-corrected chi connectivity index (χ3v) is 10.7. The van der Waals surface area contributed by atoms with Crippen molar-refractivity contribution in [2.45, 2.75) is 158 Å². The van der Waals surface area contributed by atoms with Crippen LogP contribution in [0.25, 0.3) is 0 Å². The van der Waals surface area contributed by atoms with Crippen LogP contribution in [0.2, 0.25) is 0 Å². The van der Waals surface area contributed by atoms with Gasteiger partial charge in [-0.15, -0.1) is 0 Å². The van der Waals surface area contributed by atoms with Crippen LogP contribution in [-0.4, -0.2) is 49.2 Å². The van der Waals surface area contributed by atoms with E-state index in [2.05, 4.69) is 51.5 Å². The van der Waals surface area contributed by atoms with Crippen molar-refractivity contribution >= 4 is 12.2 Å². The molecule has 46 heavy (non-hydrogen) atoms. The fourth-order valence-electron chi connectivity index (χ4n) is 10.7. The Morgan fingerprint density at radius 1 is 0.565 bits per heavy atom. The molecule has 0 amide bonds. The second-order valence-corrected chi connectivity index (χ2v) is 18.7. The molecule has 0 bridgehead atoms. The zero-order chi connectivity index (χ0) is 34.5. The fraction of sp³-hybridized carbons (Fsp3) is 0.857. The summed E-state index contributed by atoms with van der Waals surface area (Å²) >= 11 is 0. The first-order chi connectivity index (χ1) is 21.0. The molecule has 0 saturated heterocycles. The van der Waals surface area contributed by atoms with Gasteiger partial charge in [-0.3, -0.25) is 0 Å². The normalized spacial score (nSPS) is 35.0. The third-order valence-electron chi connectivity index (χ3n) is 10.7. The summed E-state index contributed by atoms with van der Waals surface area (Å²) in [5.41, 5.74) is -4.18. The maximum absolute atomic E-state index is 14.4. The number of hydrogen-bond donors (Lipinski definition) is 1. The first-order valence-electron chi connectivity index (χ1n) is 16.8. The van der Waals surface area contributed by atoms with Crippen LogP contribution in [0.4, 0.5) is 0 Å². The molecule has 4 rings (SSSR count). The van der Waals surface area contributed by atoms with Crippen LogP contribution in [0.1, 0.15) is 120 Å². The summed E-state index contributed by atoms with van der Waals surface area (Å²) in [5.74, 6) is 0. The Morgan fingerprint density at radius 2 is 0.870 bits per heavy atom. The molecule has 11 nitrogen and oxygen atoms in total. The van der Waals surface area contributed by atoms with Crippen LogP contribution in [0, 0.1) is 32.5 Å². The molecule has 1 aromatic rings. The van der Waals surface area contributed by atoms with E-state index in [4.69, 9.17) is 0 Å². The molecule has 6 unspecified atom stereocenters. The lowest BCUT2D eigenvalue weighted by atomic mass is 9.62. The summed E-state index contributed by atoms with van der Waals surface area (Å²) in [6.45, 7) is 18.8. The number of aliphatic hydroxyl groups excluding tert-OH is 1. The number of aliphatic imine (C=N–C) groups is 2. The number of aliphatic hydroxyl groups is 1. The van der Waals surface area contributed by atoms with E-state index in [1.807, 2.05) is 20.8 Å². The predicted octanol–water partition coefficient (Wildman–Crippen LogP) is 4.59. The van der Waals surface area contributed by atoms with Crippen LogP contribution < -0.4 is 17.1 Å². The quantitative estimate of drug-likeness (QED) is 0.325. The van der Waals surface area contributed by atoms with Gasteiger partial charge in [-0.2, -0.15) is 0 Å². The van der Waals surface area contributed by atoms with Crippen molar-refractivity contribution in [2.24, 2.45) is 42.5 Å². The van der Waals surface area contributed by atoms with Gasteiger partial charge in [0.1, 0.15) is 0 Å². The lowest BCUT2D eigenvalue weighted by molar-refractivity contribution is -0.0190. The first kappa shape index (κ1) is 36.0. The standard InChI is InChI=1S/C35H55N5O6/c1-30(2)10-24(36-22-41)12-33(7,16-30)19-38-27(44)39(20-34(8)13-25(37-23-42)11-31(3,4)17-34)29(46)40(28(38)45)21-35(9)15-26(43)14-32(5,6)18-35/h24-26,43H,10-21H2,1-9H3. The van der Waals surface area contributed by atoms with E-state index in [1.165, 1.54) is 13.7 Å².